The second-order valence-corrected chi connectivity index (χ2v) is 9.03. The van der Waals surface area contributed by atoms with Gasteiger partial charge in [-0.2, -0.15) is 0 Å². The number of pyridine rings is 1. The largest absolute Gasteiger partial charge is 0.497 e. The fraction of sp³-hybridized carbons (Fsp3) is 0.152. The molecule has 0 spiro atoms. The van der Waals surface area contributed by atoms with Gasteiger partial charge in [0.15, 0.2) is 0 Å². The van der Waals surface area contributed by atoms with E-state index in [0.29, 0.717) is 11.5 Å². The molecule has 11 heteroatoms. The molecular weight excluding hydrogens is 578 g/mol. The van der Waals surface area contributed by atoms with Gasteiger partial charge in [-0.05, 0) is 73.2 Å². The Balaban J connectivity index is 0.000000854. The second-order valence-electron chi connectivity index (χ2n) is 7.92. The molecule has 0 radical (unpaired) electrons. The van der Waals surface area contributed by atoms with Crippen molar-refractivity contribution < 1.29 is 19.2 Å². The molecule has 4 rings (SSSR count). The molecule has 10 nitrogen and oxygen atoms in total. The molecule has 4 N–H and O–H groups in total. The highest BCUT2D eigenvalue weighted by Gasteiger charge is 2.08. The first-order valence-electron chi connectivity index (χ1n) is 13.3. The van der Waals surface area contributed by atoms with Crippen LogP contribution in [0.1, 0.15) is 30.7 Å². The van der Waals surface area contributed by atoms with E-state index in [0.717, 1.165) is 21.8 Å². The number of hydrogen-bond acceptors (Lipinski definition) is 9. The highest BCUT2D eigenvalue weighted by Crippen LogP contribution is 2.33. The van der Waals surface area contributed by atoms with Gasteiger partial charge in [0.2, 0.25) is 6.41 Å². The number of non-ortho nitro benzene ring substituents is 1. The maximum atomic E-state index is 10.2. The third-order valence-electron chi connectivity index (χ3n) is 5.26. The number of nitrogens with one attached hydrogen (secondary N) is 2. The van der Waals surface area contributed by atoms with Gasteiger partial charge in [0.1, 0.15) is 12.5 Å². The summed E-state index contributed by atoms with van der Waals surface area (Å²) >= 11 is 1.74. The SMILES string of the molecule is C=O.CC.CNc1cc(Sc2ccccc2C)ccc1C(=N)/C=C/c1ccccn1.COc1ccc([N+](=O)[O-])cc1.NC=O. The van der Waals surface area contributed by atoms with Crippen LogP contribution in [0.4, 0.5) is 11.4 Å². The summed E-state index contributed by atoms with van der Waals surface area (Å²) in [5, 5.41) is 21.8. The molecule has 1 amide bonds. The number of primary amides is 1. The summed E-state index contributed by atoms with van der Waals surface area (Å²) in [4.78, 5) is 32.9. The molecule has 4 aromatic rings. The predicted molar refractivity (Wildman–Crippen MR) is 180 cm³/mol. The van der Waals surface area contributed by atoms with Crippen molar-refractivity contribution in [3.63, 3.8) is 0 Å². The molecule has 0 aliphatic rings. The van der Waals surface area contributed by atoms with Crippen LogP contribution in [-0.2, 0) is 9.59 Å². The molecule has 3 aromatic carbocycles. The first kappa shape index (κ1) is 38.7. The Labute approximate surface area is 263 Å². The number of nitrogens with zero attached hydrogens (tertiary/aromatic N) is 2. The molecule has 1 heterocycles. The molecule has 232 valence electrons. The zero-order valence-electron chi connectivity index (χ0n) is 25.5. The summed E-state index contributed by atoms with van der Waals surface area (Å²) in [7, 11) is 3.40. The van der Waals surface area contributed by atoms with E-state index in [-0.39, 0.29) is 12.1 Å². The molecule has 1 aromatic heterocycles. The first-order valence-corrected chi connectivity index (χ1v) is 14.1. The van der Waals surface area contributed by atoms with Crippen LogP contribution in [0.2, 0.25) is 0 Å². The summed E-state index contributed by atoms with van der Waals surface area (Å²) in [5.41, 5.74) is 8.61. The smallest absolute Gasteiger partial charge is 0.269 e. The summed E-state index contributed by atoms with van der Waals surface area (Å²) in [6.07, 6.45) is 5.64. The number of benzene rings is 3. The number of amides is 1. The summed E-state index contributed by atoms with van der Waals surface area (Å²) in [5.74, 6) is 0.621. The minimum absolute atomic E-state index is 0.0748. The number of anilines is 1. The van der Waals surface area contributed by atoms with Crippen LogP contribution in [-0.4, -0.2) is 43.0 Å². The van der Waals surface area contributed by atoms with Crippen LogP contribution >= 0.6 is 11.8 Å². The maximum Gasteiger partial charge on any atom is 0.269 e. The molecule has 44 heavy (non-hydrogen) atoms. The number of nitro groups is 1. The summed E-state index contributed by atoms with van der Waals surface area (Å²) in [6, 6.07) is 26.2. The third-order valence-corrected chi connectivity index (χ3v) is 6.43. The van der Waals surface area contributed by atoms with Crippen molar-refractivity contribution >= 4 is 48.1 Å². The molecule has 0 saturated heterocycles. The van der Waals surface area contributed by atoms with Gasteiger partial charge in [-0.3, -0.25) is 19.9 Å². The second kappa shape index (κ2) is 23.3. The Kier molecular flexibility index (Phi) is 20.5. The van der Waals surface area contributed by atoms with Crippen molar-refractivity contribution in [3.8, 4) is 5.75 Å². The number of nitrogens with two attached hydrogens (primary N) is 1. The van der Waals surface area contributed by atoms with E-state index in [2.05, 4.69) is 59.4 Å². The highest BCUT2D eigenvalue weighted by molar-refractivity contribution is 7.99. The van der Waals surface area contributed by atoms with Crippen LogP contribution in [0.3, 0.4) is 0 Å². The number of allylic oxidation sites excluding steroid dienone is 1. The number of ether oxygens (including phenoxy) is 1. The molecule has 0 unspecified atom stereocenters. The Bertz CT molecular complexity index is 1450. The molecule has 0 atom stereocenters. The van der Waals surface area contributed by atoms with E-state index in [1.807, 2.05) is 58.0 Å². The van der Waals surface area contributed by atoms with Gasteiger partial charge in [-0.25, -0.2) is 0 Å². The Hall–Kier alpha value is -5.29. The average Bonchev–Trinajstić information content (AvgIpc) is 3.07. The van der Waals surface area contributed by atoms with E-state index in [9.17, 15) is 10.1 Å². The average molecular weight is 618 g/mol. The number of carbonyl (C=O) groups is 2. The lowest BCUT2D eigenvalue weighted by Gasteiger charge is -2.11. The zero-order chi connectivity index (χ0) is 33.3. The standard InChI is InChI=1S/C22H21N3S.C7H7NO3.C2H6.CH3NO.CH2O/c1-16-7-3-4-9-22(16)26-18-11-12-19(21(15-18)24-2)20(23)13-10-17-8-5-6-14-25-17;1-11-7-4-2-6(3-5-7)8(9)10;1-2;2-1-3;1-2/h3-15,23-24H,1-2H3;2-5H,1H3;1-2H3;1H,(H2,2,3);1H2/b13-10+,23-20?;;;;. The lowest BCUT2D eigenvalue weighted by atomic mass is 10.1. The van der Waals surface area contributed by atoms with Gasteiger partial charge in [0, 0.05) is 46.4 Å². The van der Waals surface area contributed by atoms with Crippen molar-refractivity contribution in [3.05, 3.63) is 124 Å². The van der Waals surface area contributed by atoms with Crippen molar-refractivity contribution in [2.75, 3.05) is 19.5 Å². The minimum atomic E-state index is -0.445. The van der Waals surface area contributed by atoms with Gasteiger partial charge < -0.3 is 26.0 Å². The quantitative estimate of drug-likeness (QED) is 0.0808. The fourth-order valence-electron chi connectivity index (χ4n) is 3.26. The lowest BCUT2D eigenvalue weighted by molar-refractivity contribution is -0.384. The Morgan fingerprint density at radius 2 is 1.66 bits per heavy atom. The molecule has 0 aliphatic carbocycles. The Morgan fingerprint density at radius 3 is 2.18 bits per heavy atom. The molecule has 0 aliphatic heterocycles. The van der Waals surface area contributed by atoms with Crippen LogP contribution < -0.4 is 15.8 Å². The third kappa shape index (κ3) is 14.1. The van der Waals surface area contributed by atoms with E-state index < -0.39 is 4.92 Å². The van der Waals surface area contributed by atoms with E-state index >= 15 is 0 Å². The Morgan fingerprint density at radius 1 is 1.05 bits per heavy atom. The maximum absolute atomic E-state index is 10.2. The van der Waals surface area contributed by atoms with Crippen LogP contribution in [0, 0.1) is 22.4 Å². The fourth-order valence-corrected chi connectivity index (χ4v) is 4.21. The normalized spacial score (nSPS) is 9.20. The number of carbonyl (C=O) groups excluding carboxylic acids is 2. The van der Waals surface area contributed by atoms with Gasteiger partial charge >= 0.3 is 0 Å². The van der Waals surface area contributed by atoms with E-state index in [1.54, 1.807) is 36.2 Å². The molecular formula is C33H39N5O5S. The van der Waals surface area contributed by atoms with Gasteiger partial charge in [0.05, 0.1) is 23.4 Å². The minimum Gasteiger partial charge on any atom is -0.497 e. The van der Waals surface area contributed by atoms with E-state index in [4.69, 9.17) is 19.7 Å². The van der Waals surface area contributed by atoms with Crippen molar-refractivity contribution in [1.29, 1.82) is 5.41 Å². The van der Waals surface area contributed by atoms with Gasteiger partial charge in [-0.15, -0.1) is 0 Å². The van der Waals surface area contributed by atoms with Gasteiger partial charge in [-0.1, -0.05) is 49.9 Å². The number of hydrogen-bond donors (Lipinski definition) is 3. The predicted octanol–water partition coefficient (Wildman–Crippen LogP) is 7.21. The van der Waals surface area contributed by atoms with Crippen LogP contribution in [0.25, 0.3) is 6.08 Å². The molecule has 0 bridgehead atoms. The topological polar surface area (TPSA) is 161 Å². The van der Waals surface area contributed by atoms with Crippen molar-refractivity contribution in [2.45, 2.75) is 30.6 Å². The summed E-state index contributed by atoms with van der Waals surface area (Å²) < 4.78 is 4.83. The molecule has 0 saturated carbocycles. The number of nitro benzene ring substituents is 1. The summed E-state index contributed by atoms with van der Waals surface area (Å²) in [6.45, 7) is 8.12. The van der Waals surface area contributed by atoms with Crippen LogP contribution in [0.15, 0.2) is 107 Å². The number of aromatic nitrogens is 1. The van der Waals surface area contributed by atoms with Crippen molar-refractivity contribution in [2.24, 2.45) is 5.73 Å². The number of rotatable bonds is 8. The number of aryl methyl sites for hydroxylation is 1. The number of methoxy groups -OCH3 is 1. The highest BCUT2D eigenvalue weighted by atomic mass is 32.2. The van der Waals surface area contributed by atoms with Crippen LogP contribution in [0.5, 0.6) is 5.75 Å². The lowest BCUT2D eigenvalue weighted by Crippen LogP contribution is -2.01. The van der Waals surface area contributed by atoms with Gasteiger partial charge in [0.25, 0.3) is 5.69 Å². The van der Waals surface area contributed by atoms with Crippen molar-refractivity contribution in [1.82, 2.24) is 4.98 Å². The zero-order valence-corrected chi connectivity index (χ0v) is 26.3. The molecule has 0 fully saturated rings. The monoisotopic (exact) mass is 617 g/mol. The van der Waals surface area contributed by atoms with E-state index in [1.165, 1.54) is 29.7 Å². The first-order chi connectivity index (χ1) is 21.3.